The van der Waals surface area contributed by atoms with E-state index < -0.39 is 5.97 Å². The first-order chi connectivity index (χ1) is 10.6. The molecule has 2 rings (SSSR count). The molecule has 1 aromatic rings. The fourth-order valence-electron chi connectivity index (χ4n) is 2.73. The second kappa shape index (κ2) is 7.82. The number of hydrogen-bond donors (Lipinski definition) is 2. The summed E-state index contributed by atoms with van der Waals surface area (Å²) in [6.07, 6.45) is 3.35. The predicted molar refractivity (Wildman–Crippen MR) is 83.9 cm³/mol. The molecule has 2 N–H and O–H groups in total. The number of carbonyl (C=O) groups is 2. The predicted octanol–water partition coefficient (Wildman–Crippen LogP) is 3.30. The Kier molecular flexibility index (Phi) is 5.81. The van der Waals surface area contributed by atoms with Crippen LogP contribution in [0.15, 0.2) is 24.3 Å². The molecular formula is C17H23NO4. The van der Waals surface area contributed by atoms with E-state index in [1.165, 1.54) is 0 Å². The number of carboxylic acid groups (broad SMARTS) is 1. The minimum atomic E-state index is -0.750. The molecule has 0 aromatic heterocycles. The fraction of sp³-hybridized carbons (Fsp3) is 0.529. The first-order valence-electron chi connectivity index (χ1n) is 7.86. The fourth-order valence-corrected chi connectivity index (χ4v) is 2.73. The van der Waals surface area contributed by atoms with Gasteiger partial charge in [0, 0.05) is 17.7 Å². The van der Waals surface area contributed by atoms with Crippen LogP contribution in [0.3, 0.4) is 0 Å². The maximum Gasteiger partial charge on any atom is 0.306 e. The highest BCUT2D eigenvalue weighted by Gasteiger charge is 2.29. The van der Waals surface area contributed by atoms with Crippen LogP contribution in [0.5, 0.6) is 5.75 Å². The Morgan fingerprint density at radius 3 is 2.55 bits per heavy atom. The lowest BCUT2D eigenvalue weighted by Gasteiger charge is -2.25. The van der Waals surface area contributed by atoms with Gasteiger partial charge in [-0.15, -0.1) is 0 Å². The molecule has 5 heteroatoms. The van der Waals surface area contributed by atoms with Gasteiger partial charge in [-0.1, -0.05) is 13.0 Å². The van der Waals surface area contributed by atoms with E-state index in [0.29, 0.717) is 32.3 Å². The molecule has 0 saturated heterocycles. The third kappa shape index (κ3) is 4.48. The molecule has 5 nitrogen and oxygen atoms in total. The van der Waals surface area contributed by atoms with Gasteiger partial charge in [-0.3, -0.25) is 9.59 Å². The Morgan fingerprint density at radius 1 is 1.23 bits per heavy atom. The summed E-state index contributed by atoms with van der Waals surface area (Å²) < 4.78 is 5.55. The maximum atomic E-state index is 12.3. The molecule has 1 saturated carbocycles. The minimum Gasteiger partial charge on any atom is -0.494 e. The summed E-state index contributed by atoms with van der Waals surface area (Å²) >= 11 is 0. The zero-order valence-corrected chi connectivity index (χ0v) is 12.9. The monoisotopic (exact) mass is 305 g/mol. The van der Waals surface area contributed by atoms with Gasteiger partial charge in [-0.05, 0) is 44.2 Å². The zero-order chi connectivity index (χ0) is 15.9. The number of amides is 1. The van der Waals surface area contributed by atoms with Crippen LogP contribution in [0, 0.1) is 11.8 Å². The van der Waals surface area contributed by atoms with Crippen LogP contribution in [0.2, 0.25) is 0 Å². The smallest absolute Gasteiger partial charge is 0.306 e. The number of carbonyl (C=O) groups excluding carboxylic acids is 1. The second-order valence-corrected chi connectivity index (χ2v) is 5.75. The average Bonchev–Trinajstić information content (AvgIpc) is 2.53. The van der Waals surface area contributed by atoms with Crippen molar-refractivity contribution < 1.29 is 19.4 Å². The molecule has 0 unspecified atom stereocenters. The summed E-state index contributed by atoms with van der Waals surface area (Å²) in [6.45, 7) is 2.69. The van der Waals surface area contributed by atoms with Crippen LogP contribution in [0.25, 0.3) is 0 Å². The van der Waals surface area contributed by atoms with Crippen LogP contribution in [0.1, 0.15) is 39.0 Å². The highest BCUT2D eigenvalue weighted by molar-refractivity contribution is 5.92. The van der Waals surface area contributed by atoms with E-state index in [0.717, 1.165) is 17.9 Å². The third-order valence-corrected chi connectivity index (χ3v) is 4.02. The summed E-state index contributed by atoms with van der Waals surface area (Å²) in [4.78, 5) is 23.2. The number of benzene rings is 1. The van der Waals surface area contributed by atoms with Crippen LogP contribution < -0.4 is 10.1 Å². The van der Waals surface area contributed by atoms with Gasteiger partial charge in [0.1, 0.15) is 5.75 Å². The molecule has 1 aliphatic rings. The van der Waals surface area contributed by atoms with Gasteiger partial charge in [-0.25, -0.2) is 0 Å². The van der Waals surface area contributed by atoms with E-state index in [-0.39, 0.29) is 17.7 Å². The molecule has 1 aliphatic carbocycles. The topological polar surface area (TPSA) is 75.6 Å². The molecule has 1 fully saturated rings. The second-order valence-electron chi connectivity index (χ2n) is 5.75. The summed E-state index contributed by atoms with van der Waals surface area (Å²) in [6, 6.07) is 7.36. The molecule has 0 spiro atoms. The largest absolute Gasteiger partial charge is 0.494 e. The number of hydrogen-bond acceptors (Lipinski definition) is 3. The van der Waals surface area contributed by atoms with E-state index >= 15 is 0 Å². The first kappa shape index (κ1) is 16.3. The van der Waals surface area contributed by atoms with E-state index in [1.807, 2.05) is 31.2 Å². The van der Waals surface area contributed by atoms with Crippen molar-refractivity contribution in [2.24, 2.45) is 11.8 Å². The summed E-state index contributed by atoms with van der Waals surface area (Å²) in [5, 5.41) is 11.9. The average molecular weight is 305 g/mol. The standard InChI is InChI=1S/C17H23NO4/c1-2-10-22-15-5-3-4-14(11-15)18-16(19)12-6-8-13(9-7-12)17(20)21/h3-5,11-13H,2,6-10H2,1H3,(H,18,19)(H,20,21). The van der Waals surface area contributed by atoms with Crippen molar-refractivity contribution in [3.05, 3.63) is 24.3 Å². The maximum absolute atomic E-state index is 12.3. The van der Waals surface area contributed by atoms with Crippen molar-refractivity contribution in [2.45, 2.75) is 39.0 Å². The van der Waals surface area contributed by atoms with Crippen molar-refractivity contribution in [3.8, 4) is 5.75 Å². The van der Waals surface area contributed by atoms with Gasteiger partial charge >= 0.3 is 5.97 Å². The minimum absolute atomic E-state index is 0.0310. The number of ether oxygens (including phenoxy) is 1. The normalized spacial score (nSPS) is 21.1. The van der Waals surface area contributed by atoms with E-state index in [4.69, 9.17) is 9.84 Å². The Hall–Kier alpha value is -2.04. The Labute approximate surface area is 130 Å². The van der Waals surface area contributed by atoms with Gasteiger partial charge in [0.25, 0.3) is 0 Å². The Bertz CT molecular complexity index is 521. The zero-order valence-electron chi connectivity index (χ0n) is 12.9. The third-order valence-electron chi connectivity index (χ3n) is 4.02. The van der Waals surface area contributed by atoms with Crippen LogP contribution >= 0.6 is 0 Å². The van der Waals surface area contributed by atoms with E-state index in [2.05, 4.69) is 5.32 Å². The van der Waals surface area contributed by atoms with Crippen LogP contribution in [-0.4, -0.2) is 23.6 Å². The number of nitrogens with one attached hydrogen (secondary N) is 1. The summed E-state index contributed by atoms with van der Waals surface area (Å²) in [5.41, 5.74) is 0.721. The molecule has 0 aliphatic heterocycles. The number of anilines is 1. The molecule has 0 bridgehead atoms. The molecule has 1 aromatic carbocycles. The Morgan fingerprint density at radius 2 is 1.91 bits per heavy atom. The van der Waals surface area contributed by atoms with Gasteiger partial charge in [-0.2, -0.15) is 0 Å². The molecule has 0 heterocycles. The first-order valence-corrected chi connectivity index (χ1v) is 7.86. The van der Waals surface area contributed by atoms with Gasteiger partial charge < -0.3 is 15.2 Å². The highest BCUT2D eigenvalue weighted by atomic mass is 16.5. The SMILES string of the molecule is CCCOc1cccc(NC(=O)C2CCC(C(=O)O)CC2)c1. The molecule has 22 heavy (non-hydrogen) atoms. The summed E-state index contributed by atoms with van der Waals surface area (Å²) in [7, 11) is 0. The highest BCUT2D eigenvalue weighted by Crippen LogP contribution is 2.30. The van der Waals surface area contributed by atoms with Crippen molar-refractivity contribution in [1.29, 1.82) is 0 Å². The van der Waals surface area contributed by atoms with Crippen molar-refractivity contribution in [2.75, 3.05) is 11.9 Å². The summed E-state index contributed by atoms with van der Waals surface area (Å²) in [5.74, 6) is -0.434. The van der Waals surface area contributed by atoms with Gasteiger partial charge in [0.15, 0.2) is 0 Å². The molecule has 0 radical (unpaired) electrons. The quantitative estimate of drug-likeness (QED) is 0.845. The number of aliphatic carboxylic acids is 1. The van der Waals surface area contributed by atoms with Gasteiger partial charge in [0.2, 0.25) is 5.91 Å². The van der Waals surface area contributed by atoms with Crippen molar-refractivity contribution in [3.63, 3.8) is 0 Å². The lowest BCUT2D eigenvalue weighted by Crippen LogP contribution is -2.29. The van der Waals surface area contributed by atoms with Crippen LogP contribution in [0.4, 0.5) is 5.69 Å². The van der Waals surface area contributed by atoms with E-state index in [9.17, 15) is 9.59 Å². The number of rotatable bonds is 6. The molecule has 120 valence electrons. The molecule has 1 amide bonds. The lowest BCUT2D eigenvalue weighted by atomic mass is 9.81. The molecule has 0 atom stereocenters. The number of carboxylic acids is 1. The molecular weight excluding hydrogens is 282 g/mol. The van der Waals surface area contributed by atoms with Crippen molar-refractivity contribution >= 4 is 17.6 Å². The van der Waals surface area contributed by atoms with E-state index in [1.54, 1.807) is 0 Å². The van der Waals surface area contributed by atoms with Crippen molar-refractivity contribution in [1.82, 2.24) is 0 Å². The Balaban J connectivity index is 1.88. The van der Waals surface area contributed by atoms with Crippen LogP contribution in [-0.2, 0) is 9.59 Å². The van der Waals surface area contributed by atoms with Gasteiger partial charge in [0.05, 0.1) is 12.5 Å². The lowest BCUT2D eigenvalue weighted by molar-refractivity contribution is -0.143.